The van der Waals surface area contributed by atoms with Crippen LogP contribution in [0.3, 0.4) is 0 Å². The molecule has 0 saturated heterocycles. The Kier molecular flexibility index (Phi) is 3.80. The average molecular weight is 206 g/mol. The van der Waals surface area contributed by atoms with Gasteiger partial charge in [-0.1, -0.05) is 18.3 Å². The Morgan fingerprint density at radius 2 is 1.67 bits per heavy atom. The van der Waals surface area contributed by atoms with Crippen LogP contribution in [-0.4, -0.2) is 21.4 Å². The quantitative estimate of drug-likeness (QED) is 0.589. The molecule has 0 aromatic heterocycles. The highest BCUT2D eigenvalue weighted by molar-refractivity contribution is 5.32. The van der Waals surface area contributed by atoms with Crippen molar-refractivity contribution in [2.24, 2.45) is 0 Å². The van der Waals surface area contributed by atoms with E-state index >= 15 is 0 Å². The van der Waals surface area contributed by atoms with Crippen LogP contribution in [0, 0.1) is 23.7 Å². The third-order valence-electron chi connectivity index (χ3n) is 2.41. The molecule has 1 fully saturated rings. The summed E-state index contributed by atoms with van der Waals surface area (Å²) in [5.74, 6) is 10.6. The van der Waals surface area contributed by atoms with Gasteiger partial charge in [0, 0.05) is 0 Å². The van der Waals surface area contributed by atoms with Crippen LogP contribution in [0.1, 0.15) is 46.0 Å². The molecule has 0 heterocycles. The summed E-state index contributed by atoms with van der Waals surface area (Å²) in [5, 5.41) is 19.3. The van der Waals surface area contributed by atoms with E-state index in [4.69, 9.17) is 0 Å². The fraction of sp³-hybridized carbons (Fsp3) is 0.692. The molecule has 0 aliphatic heterocycles. The van der Waals surface area contributed by atoms with Crippen molar-refractivity contribution >= 4 is 0 Å². The van der Waals surface area contributed by atoms with Crippen LogP contribution in [0.25, 0.3) is 0 Å². The van der Waals surface area contributed by atoms with Gasteiger partial charge in [0.25, 0.3) is 0 Å². The molecule has 1 saturated carbocycles. The maximum Gasteiger partial charge on any atom is 0.126 e. The zero-order valence-corrected chi connectivity index (χ0v) is 9.43. The van der Waals surface area contributed by atoms with E-state index in [9.17, 15) is 10.2 Å². The van der Waals surface area contributed by atoms with Gasteiger partial charge in [-0.2, -0.15) is 0 Å². The summed E-state index contributed by atoms with van der Waals surface area (Å²) in [7, 11) is 0. The van der Waals surface area contributed by atoms with Crippen LogP contribution < -0.4 is 0 Å². The Labute approximate surface area is 91.7 Å². The molecule has 0 aromatic rings. The van der Waals surface area contributed by atoms with E-state index in [1.807, 2.05) is 0 Å². The molecular formula is C13H18O2. The molecule has 2 nitrogen and oxygen atoms in total. The van der Waals surface area contributed by atoms with Gasteiger partial charge in [0.1, 0.15) is 11.2 Å². The second-order valence-corrected chi connectivity index (χ2v) is 4.65. The minimum atomic E-state index is -1.01. The van der Waals surface area contributed by atoms with Crippen molar-refractivity contribution in [1.29, 1.82) is 0 Å². The molecule has 0 aromatic carbocycles. The lowest BCUT2D eigenvalue weighted by atomic mass is 9.85. The van der Waals surface area contributed by atoms with E-state index in [0.717, 1.165) is 25.7 Å². The van der Waals surface area contributed by atoms with Gasteiger partial charge >= 0.3 is 0 Å². The van der Waals surface area contributed by atoms with E-state index in [1.165, 1.54) is 6.42 Å². The number of aliphatic hydroxyl groups is 2. The summed E-state index contributed by atoms with van der Waals surface area (Å²) in [5.41, 5.74) is -1.85. The summed E-state index contributed by atoms with van der Waals surface area (Å²) in [4.78, 5) is 0. The third-order valence-corrected chi connectivity index (χ3v) is 2.41. The smallest absolute Gasteiger partial charge is 0.126 e. The zero-order chi connectivity index (χ0) is 11.4. The number of rotatable bonds is 0. The van der Waals surface area contributed by atoms with Crippen LogP contribution in [0.15, 0.2) is 0 Å². The highest BCUT2D eigenvalue weighted by Crippen LogP contribution is 2.26. The van der Waals surface area contributed by atoms with Gasteiger partial charge in [-0.25, -0.2) is 0 Å². The van der Waals surface area contributed by atoms with Crippen LogP contribution >= 0.6 is 0 Å². The molecule has 0 amide bonds. The summed E-state index contributed by atoms with van der Waals surface area (Å²) in [6.07, 6.45) is 4.72. The molecule has 0 unspecified atom stereocenters. The lowest BCUT2D eigenvalue weighted by Gasteiger charge is -2.26. The normalized spacial score (nSPS) is 19.5. The number of hydrogen-bond acceptors (Lipinski definition) is 2. The van der Waals surface area contributed by atoms with Crippen LogP contribution in [-0.2, 0) is 0 Å². The van der Waals surface area contributed by atoms with E-state index < -0.39 is 11.2 Å². The van der Waals surface area contributed by atoms with Gasteiger partial charge in [-0.3, -0.25) is 0 Å². The molecular weight excluding hydrogens is 188 g/mol. The molecule has 1 aliphatic carbocycles. The monoisotopic (exact) mass is 206 g/mol. The van der Waals surface area contributed by atoms with Crippen molar-refractivity contribution in [2.45, 2.75) is 57.2 Å². The lowest BCUT2D eigenvalue weighted by molar-refractivity contribution is 0.0610. The maximum absolute atomic E-state index is 10.00. The highest BCUT2D eigenvalue weighted by Gasteiger charge is 2.26. The SMILES string of the molecule is CC(C)(O)C#CC#CC1(O)CCCCC1. The first-order valence-electron chi connectivity index (χ1n) is 5.40. The largest absolute Gasteiger partial charge is 0.378 e. The fourth-order valence-corrected chi connectivity index (χ4v) is 1.59. The molecule has 0 atom stereocenters. The van der Waals surface area contributed by atoms with Crippen molar-refractivity contribution < 1.29 is 10.2 Å². The van der Waals surface area contributed by atoms with Gasteiger partial charge in [-0.05, 0) is 51.4 Å². The zero-order valence-electron chi connectivity index (χ0n) is 9.43. The molecule has 2 heteroatoms. The molecule has 1 aliphatic rings. The van der Waals surface area contributed by atoms with Crippen molar-refractivity contribution in [2.75, 3.05) is 0 Å². The van der Waals surface area contributed by atoms with E-state index in [-0.39, 0.29) is 0 Å². The predicted molar refractivity (Wildman–Crippen MR) is 59.9 cm³/mol. The number of hydrogen-bond donors (Lipinski definition) is 2. The predicted octanol–water partition coefficient (Wildman–Crippen LogP) is 1.46. The molecule has 0 radical (unpaired) electrons. The standard InChI is InChI=1S/C13H18O2/c1-12(2,14)8-6-7-11-13(15)9-4-3-5-10-13/h14-15H,3-5,9-10H2,1-2H3. The molecule has 0 bridgehead atoms. The first-order chi connectivity index (χ1) is 6.91. The molecule has 1 rings (SSSR count). The van der Waals surface area contributed by atoms with E-state index in [0.29, 0.717) is 0 Å². The Hall–Kier alpha value is -0.960. The van der Waals surface area contributed by atoms with Crippen molar-refractivity contribution in [3.8, 4) is 23.7 Å². The average Bonchev–Trinajstić information content (AvgIpc) is 2.12. The minimum Gasteiger partial charge on any atom is -0.378 e. The summed E-state index contributed by atoms with van der Waals surface area (Å²) < 4.78 is 0. The van der Waals surface area contributed by atoms with Crippen LogP contribution in [0.5, 0.6) is 0 Å². The topological polar surface area (TPSA) is 40.5 Å². The van der Waals surface area contributed by atoms with Crippen LogP contribution in [0.2, 0.25) is 0 Å². The Morgan fingerprint density at radius 1 is 1.07 bits per heavy atom. The fourth-order valence-electron chi connectivity index (χ4n) is 1.59. The second kappa shape index (κ2) is 4.71. The van der Waals surface area contributed by atoms with E-state index in [2.05, 4.69) is 23.7 Å². The van der Waals surface area contributed by atoms with Gasteiger partial charge in [-0.15, -0.1) is 0 Å². The van der Waals surface area contributed by atoms with Gasteiger partial charge < -0.3 is 10.2 Å². The Morgan fingerprint density at radius 3 is 2.20 bits per heavy atom. The summed E-state index contributed by atoms with van der Waals surface area (Å²) >= 11 is 0. The van der Waals surface area contributed by atoms with Gasteiger partial charge in [0.15, 0.2) is 0 Å². The van der Waals surface area contributed by atoms with Gasteiger partial charge in [0.2, 0.25) is 0 Å². The second-order valence-electron chi connectivity index (χ2n) is 4.65. The summed E-state index contributed by atoms with van der Waals surface area (Å²) in [6, 6.07) is 0. The van der Waals surface area contributed by atoms with E-state index in [1.54, 1.807) is 13.8 Å². The minimum absolute atomic E-state index is 0.740. The summed E-state index contributed by atoms with van der Waals surface area (Å²) in [6.45, 7) is 3.22. The Balaban J connectivity index is 2.59. The molecule has 82 valence electrons. The lowest BCUT2D eigenvalue weighted by Crippen LogP contribution is -2.29. The van der Waals surface area contributed by atoms with Gasteiger partial charge in [0.05, 0.1) is 0 Å². The Bertz CT molecular complexity index is 322. The third kappa shape index (κ3) is 4.88. The molecule has 15 heavy (non-hydrogen) atoms. The first kappa shape index (κ1) is 12.1. The van der Waals surface area contributed by atoms with Crippen LogP contribution in [0.4, 0.5) is 0 Å². The van der Waals surface area contributed by atoms with Crippen molar-refractivity contribution in [3.63, 3.8) is 0 Å². The highest BCUT2D eigenvalue weighted by atomic mass is 16.3. The molecule has 2 N–H and O–H groups in total. The van der Waals surface area contributed by atoms with Crippen molar-refractivity contribution in [1.82, 2.24) is 0 Å². The first-order valence-corrected chi connectivity index (χ1v) is 5.40. The van der Waals surface area contributed by atoms with Crippen molar-refractivity contribution in [3.05, 3.63) is 0 Å². The molecule has 0 spiro atoms. The maximum atomic E-state index is 10.00.